The van der Waals surface area contributed by atoms with Crippen molar-refractivity contribution in [1.29, 1.82) is 0 Å². The number of anilines is 1. The van der Waals surface area contributed by atoms with Gasteiger partial charge in [0.15, 0.2) is 5.82 Å². The highest BCUT2D eigenvalue weighted by molar-refractivity contribution is 5.92. The van der Waals surface area contributed by atoms with Gasteiger partial charge in [0.1, 0.15) is 0 Å². The van der Waals surface area contributed by atoms with Crippen molar-refractivity contribution in [2.45, 2.75) is 26.7 Å². The van der Waals surface area contributed by atoms with Crippen molar-refractivity contribution in [2.24, 2.45) is 5.73 Å². The molecule has 2 rings (SSSR count). The second kappa shape index (κ2) is 7.75. The lowest BCUT2D eigenvalue weighted by molar-refractivity contribution is -0.116. The summed E-state index contributed by atoms with van der Waals surface area (Å²) < 4.78 is 5.20. The SMILES string of the molecule is CCc1noc(-c2ccc(C)c(NC(=O)CCN)c2)n1.Cl. The van der Waals surface area contributed by atoms with Crippen molar-refractivity contribution >= 4 is 24.0 Å². The van der Waals surface area contributed by atoms with Crippen LogP contribution in [-0.2, 0) is 11.2 Å². The lowest BCUT2D eigenvalue weighted by Crippen LogP contribution is -2.16. The number of carbonyl (C=O) groups is 1. The molecule has 0 saturated heterocycles. The minimum atomic E-state index is -0.104. The standard InChI is InChI=1S/C14H18N4O2.ClH/c1-3-12-17-14(20-18-12)10-5-4-9(2)11(8-10)16-13(19)6-7-15;/h4-5,8H,3,6-7,15H2,1-2H3,(H,16,19);1H. The topological polar surface area (TPSA) is 94.0 Å². The third kappa shape index (κ3) is 4.27. The molecule has 114 valence electrons. The van der Waals surface area contributed by atoms with E-state index in [-0.39, 0.29) is 18.3 Å². The minimum Gasteiger partial charge on any atom is -0.334 e. The molecule has 0 saturated carbocycles. The Labute approximate surface area is 129 Å². The van der Waals surface area contributed by atoms with Gasteiger partial charge in [-0.2, -0.15) is 4.98 Å². The molecule has 0 fully saturated rings. The smallest absolute Gasteiger partial charge is 0.257 e. The zero-order valence-electron chi connectivity index (χ0n) is 12.0. The number of halogens is 1. The first-order valence-electron chi connectivity index (χ1n) is 6.57. The number of aromatic nitrogens is 2. The van der Waals surface area contributed by atoms with Crippen LogP contribution < -0.4 is 11.1 Å². The second-order valence-corrected chi connectivity index (χ2v) is 4.49. The lowest BCUT2D eigenvalue weighted by atomic mass is 10.1. The summed E-state index contributed by atoms with van der Waals surface area (Å²) in [5.41, 5.74) is 7.85. The molecule has 7 heteroatoms. The molecule has 1 heterocycles. The normalized spacial score (nSPS) is 10.0. The highest BCUT2D eigenvalue weighted by atomic mass is 35.5. The molecule has 0 atom stereocenters. The van der Waals surface area contributed by atoms with Gasteiger partial charge >= 0.3 is 0 Å². The first-order valence-corrected chi connectivity index (χ1v) is 6.57. The fourth-order valence-electron chi connectivity index (χ4n) is 1.75. The maximum absolute atomic E-state index is 11.6. The fraction of sp³-hybridized carbons (Fsp3) is 0.357. The van der Waals surface area contributed by atoms with Gasteiger partial charge in [-0.3, -0.25) is 4.79 Å². The number of nitrogens with one attached hydrogen (secondary N) is 1. The van der Waals surface area contributed by atoms with Gasteiger partial charge in [0.05, 0.1) is 0 Å². The van der Waals surface area contributed by atoms with Gasteiger partial charge < -0.3 is 15.6 Å². The van der Waals surface area contributed by atoms with E-state index in [9.17, 15) is 4.79 Å². The van der Waals surface area contributed by atoms with E-state index in [1.54, 1.807) is 0 Å². The van der Waals surface area contributed by atoms with Crippen LogP contribution in [0.4, 0.5) is 5.69 Å². The van der Waals surface area contributed by atoms with Gasteiger partial charge in [0, 0.05) is 30.6 Å². The summed E-state index contributed by atoms with van der Waals surface area (Å²) in [4.78, 5) is 15.9. The number of hydrogen-bond donors (Lipinski definition) is 2. The minimum absolute atomic E-state index is 0. The van der Waals surface area contributed by atoms with Crippen LogP contribution in [0.15, 0.2) is 22.7 Å². The van der Waals surface area contributed by atoms with Crippen LogP contribution in [0, 0.1) is 6.92 Å². The summed E-state index contributed by atoms with van der Waals surface area (Å²) in [6.07, 6.45) is 1.01. The molecule has 0 radical (unpaired) electrons. The number of nitrogens with two attached hydrogens (primary N) is 1. The van der Waals surface area contributed by atoms with Crippen LogP contribution in [0.5, 0.6) is 0 Å². The third-order valence-corrected chi connectivity index (χ3v) is 2.91. The molecule has 3 N–H and O–H groups in total. The Kier molecular flexibility index (Phi) is 6.33. The van der Waals surface area contributed by atoms with Crippen molar-refractivity contribution in [1.82, 2.24) is 10.1 Å². The molecule has 0 bridgehead atoms. The third-order valence-electron chi connectivity index (χ3n) is 2.91. The van der Waals surface area contributed by atoms with E-state index in [2.05, 4.69) is 15.5 Å². The van der Waals surface area contributed by atoms with Gasteiger partial charge in [-0.05, 0) is 24.6 Å². The Morgan fingerprint density at radius 2 is 2.19 bits per heavy atom. The number of benzene rings is 1. The summed E-state index contributed by atoms with van der Waals surface area (Å²) in [6, 6.07) is 5.63. The molecule has 0 aliphatic rings. The van der Waals surface area contributed by atoms with Crippen molar-refractivity contribution in [2.75, 3.05) is 11.9 Å². The van der Waals surface area contributed by atoms with Gasteiger partial charge in [0.2, 0.25) is 5.91 Å². The summed E-state index contributed by atoms with van der Waals surface area (Å²) in [5.74, 6) is 1.01. The molecule has 0 aliphatic carbocycles. The van der Waals surface area contributed by atoms with Crippen molar-refractivity contribution in [3.05, 3.63) is 29.6 Å². The second-order valence-electron chi connectivity index (χ2n) is 4.49. The molecular formula is C14H19ClN4O2. The van der Waals surface area contributed by atoms with Crippen molar-refractivity contribution in [3.63, 3.8) is 0 Å². The molecule has 0 unspecified atom stereocenters. The first-order chi connectivity index (χ1) is 9.63. The average Bonchev–Trinajstić information content (AvgIpc) is 2.90. The first kappa shape index (κ1) is 17.1. The van der Waals surface area contributed by atoms with E-state index >= 15 is 0 Å². The number of carbonyl (C=O) groups excluding carboxylic acids is 1. The summed E-state index contributed by atoms with van der Waals surface area (Å²) in [5, 5.41) is 6.70. The van der Waals surface area contributed by atoms with E-state index in [1.165, 1.54) is 0 Å². The van der Waals surface area contributed by atoms with E-state index in [1.807, 2.05) is 32.0 Å². The number of hydrogen-bond acceptors (Lipinski definition) is 5. The van der Waals surface area contributed by atoms with E-state index in [0.29, 0.717) is 24.7 Å². The zero-order chi connectivity index (χ0) is 14.5. The van der Waals surface area contributed by atoms with Gasteiger partial charge in [0.25, 0.3) is 5.89 Å². The predicted octanol–water partition coefficient (Wildman–Crippen LogP) is 2.32. The molecule has 1 amide bonds. The monoisotopic (exact) mass is 310 g/mol. The van der Waals surface area contributed by atoms with Crippen LogP contribution in [0.25, 0.3) is 11.5 Å². The fourth-order valence-corrected chi connectivity index (χ4v) is 1.75. The van der Waals surface area contributed by atoms with E-state index in [4.69, 9.17) is 10.3 Å². The average molecular weight is 311 g/mol. The van der Waals surface area contributed by atoms with Crippen LogP contribution in [0.2, 0.25) is 0 Å². The number of nitrogens with zero attached hydrogens (tertiary/aromatic N) is 2. The van der Waals surface area contributed by atoms with Crippen LogP contribution in [0.1, 0.15) is 24.7 Å². The van der Waals surface area contributed by atoms with Crippen molar-refractivity contribution in [3.8, 4) is 11.5 Å². The molecule has 0 spiro atoms. The van der Waals surface area contributed by atoms with E-state index in [0.717, 1.165) is 23.2 Å². The van der Waals surface area contributed by atoms with Gasteiger partial charge in [-0.15, -0.1) is 12.4 Å². The van der Waals surface area contributed by atoms with E-state index < -0.39 is 0 Å². The maximum Gasteiger partial charge on any atom is 0.257 e. The molecule has 1 aromatic heterocycles. The Morgan fingerprint density at radius 3 is 2.81 bits per heavy atom. The predicted molar refractivity (Wildman–Crippen MR) is 83.4 cm³/mol. The summed E-state index contributed by atoms with van der Waals surface area (Å²) >= 11 is 0. The van der Waals surface area contributed by atoms with Crippen LogP contribution >= 0.6 is 12.4 Å². The van der Waals surface area contributed by atoms with Crippen LogP contribution in [-0.4, -0.2) is 22.6 Å². The Morgan fingerprint density at radius 1 is 1.43 bits per heavy atom. The van der Waals surface area contributed by atoms with Crippen LogP contribution in [0.3, 0.4) is 0 Å². The molecular weight excluding hydrogens is 292 g/mol. The number of rotatable bonds is 5. The molecule has 21 heavy (non-hydrogen) atoms. The Hall–Kier alpha value is -1.92. The summed E-state index contributed by atoms with van der Waals surface area (Å²) in [6.45, 7) is 4.21. The van der Waals surface area contributed by atoms with Gasteiger partial charge in [-0.25, -0.2) is 0 Å². The number of aryl methyl sites for hydroxylation is 2. The molecule has 0 aliphatic heterocycles. The Bertz CT molecular complexity index is 613. The molecule has 6 nitrogen and oxygen atoms in total. The van der Waals surface area contributed by atoms with Gasteiger partial charge in [-0.1, -0.05) is 18.1 Å². The molecule has 1 aromatic carbocycles. The maximum atomic E-state index is 11.6. The molecule has 2 aromatic rings. The quantitative estimate of drug-likeness (QED) is 0.883. The highest BCUT2D eigenvalue weighted by Gasteiger charge is 2.11. The lowest BCUT2D eigenvalue weighted by Gasteiger charge is -2.08. The van der Waals surface area contributed by atoms with Crippen molar-refractivity contribution < 1.29 is 9.32 Å². The zero-order valence-corrected chi connectivity index (χ0v) is 12.9. The number of amides is 1. The summed E-state index contributed by atoms with van der Waals surface area (Å²) in [7, 11) is 0. The Balaban J connectivity index is 0.00000220. The largest absolute Gasteiger partial charge is 0.334 e. The highest BCUT2D eigenvalue weighted by Crippen LogP contribution is 2.24.